The standard InChI is InChI=1S/C27H40ClN5O4S/c1-4-19(2)31-25-17-21(16-24(32-25)30-18-38(3,36)37)27(35)33(28)23(15-20-11-7-5-8-12-20)26(34)22-13-9-6-10-14-29-22/h5,7-8,11-12,16-17,19,22-23,26,29,34H,4,6,9-10,13-15,18H2,1-3H3,(H2,30,31,32)/t19-,22?,23-,26+/m0/s1. The van der Waals surface area contributed by atoms with E-state index in [1.165, 1.54) is 6.07 Å². The number of rotatable bonds is 12. The summed E-state index contributed by atoms with van der Waals surface area (Å²) < 4.78 is 24.5. The number of amides is 1. The molecule has 1 aliphatic rings. The van der Waals surface area contributed by atoms with Crippen LogP contribution < -0.4 is 16.0 Å². The first-order chi connectivity index (χ1) is 18.1. The van der Waals surface area contributed by atoms with Crippen LogP contribution in [0.4, 0.5) is 11.6 Å². The molecule has 1 saturated heterocycles. The van der Waals surface area contributed by atoms with Gasteiger partial charge in [-0.25, -0.2) is 17.8 Å². The van der Waals surface area contributed by atoms with E-state index in [2.05, 4.69) is 20.9 Å². The first-order valence-corrected chi connectivity index (χ1v) is 15.6. The molecule has 0 radical (unpaired) electrons. The number of benzene rings is 1. The molecular weight excluding hydrogens is 526 g/mol. The number of halogens is 1. The highest BCUT2D eigenvalue weighted by Gasteiger charge is 2.35. The Hall–Kier alpha value is -2.40. The van der Waals surface area contributed by atoms with E-state index in [4.69, 9.17) is 11.8 Å². The van der Waals surface area contributed by atoms with Gasteiger partial charge < -0.3 is 21.1 Å². The summed E-state index contributed by atoms with van der Waals surface area (Å²) in [6, 6.07) is 11.9. The molecule has 3 rings (SSSR count). The van der Waals surface area contributed by atoms with Crippen LogP contribution in [-0.2, 0) is 16.3 Å². The summed E-state index contributed by atoms with van der Waals surface area (Å²) in [4.78, 5) is 18.2. The highest BCUT2D eigenvalue weighted by atomic mass is 35.5. The van der Waals surface area contributed by atoms with Crippen LogP contribution in [0.1, 0.15) is 61.9 Å². The Morgan fingerprint density at radius 2 is 1.92 bits per heavy atom. The van der Waals surface area contributed by atoms with Gasteiger partial charge in [-0.3, -0.25) is 4.79 Å². The van der Waals surface area contributed by atoms with Crippen LogP contribution in [0.2, 0.25) is 0 Å². The predicted octanol–water partition coefficient (Wildman–Crippen LogP) is 3.81. The fraction of sp³-hybridized carbons (Fsp3) is 0.556. The molecular formula is C27H40ClN5O4S. The molecule has 0 bridgehead atoms. The number of sulfone groups is 1. The van der Waals surface area contributed by atoms with Crippen LogP contribution in [0.5, 0.6) is 0 Å². The quantitative estimate of drug-likeness (QED) is 0.286. The third-order valence-electron chi connectivity index (χ3n) is 6.77. The molecule has 2 aromatic rings. The molecule has 4 N–H and O–H groups in total. The van der Waals surface area contributed by atoms with Gasteiger partial charge in [0.2, 0.25) is 0 Å². The molecule has 11 heteroatoms. The van der Waals surface area contributed by atoms with Crippen molar-refractivity contribution in [3.63, 3.8) is 0 Å². The van der Waals surface area contributed by atoms with Gasteiger partial charge in [-0.1, -0.05) is 50.1 Å². The van der Waals surface area contributed by atoms with Gasteiger partial charge in [-0.2, -0.15) is 0 Å². The van der Waals surface area contributed by atoms with Crippen molar-refractivity contribution in [3.05, 3.63) is 53.6 Å². The molecule has 2 heterocycles. The van der Waals surface area contributed by atoms with E-state index in [1.807, 2.05) is 44.2 Å². The maximum Gasteiger partial charge on any atom is 0.268 e. The van der Waals surface area contributed by atoms with E-state index >= 15 is 0 Å². The van der Waals surface area contributed by atoms with Crippen molar-refractivity contribution in [2.75, 3.05) is 29.3 Å². The van der Waals surface area contributed by atoms with Crippen molar-refractivity contribution in [2.45, 2.75) is 76.6 Å². The minimum absolute atomic E-state index is 0.0803. The molecule has 9 nitrogen and oxygen atoms in total. The van der Waals surface area contributed by atoms with Gasteiger partial charge in [-0.05, 0) is 56.8 Å². The predicted molar refractivity (Wildman–Crippen MR) is 153 cm³/mol. The average Bonchev–Trinajstić information content (AvgIpc) is 3.19. The van der Waals surface area contributed by atoms with Crippen molar-refractivity contribution >= 4 is 39.2 Å². The van der Waals surface area contributed by atoms with E-state index in [1.54, 1.807) is 6.07 Å². The van der Waals surface area contributed by atoms with Crippen molar-refractivity contribution in [3.8, 4) is 0 Å². The average molecular weight is 566 g/mol. The number of hydrogen-bond donors (Lipinski definition) is 4. The number of carbonyl (C=O) groups is 1. The summed E-state index contributed by atoms with van der Waals surface area (Å²) in [5.41, 5.74) is 1.18. The molecule has 1 unspecified atom stereocenters. The zero-order valence-corrected chi connectivity index (χ0v) is 23.9. The van der Waals surface area contributed by atoms with Crippen LogP contribution in [-0.4, -0.2) is 71.7 Å². The maximum atomic E-state index is 13.8. The zero-order valence-electron chi connectivity index (χ0n) is 22.4. The summed E-state index contributed by atoms with van der Waals surface area (Å²) >= 11 is 6.76. The summed E-state index contributed by atoms with van der Waals surface area (Å²) in [6.45, 7) is 4.81. The summed E-state index contributed by atoms with van der Waals surface area (Å²) in [7, 11) is -3.32. The Balaban J connectivity index is 1.93. The van der Waals surface area contributed by atoms with Gasteiger partial charge >= 0.3 is 0 Å². The van der Waals surface area contributed by atoms with E-state index in [-0.39, 0.29) is 29.3 Å². The molecule has 1 aromatic carbocycles. The van der Waals surface area contributed by atoms with Crippen LogP contribution in [0.15, 0.2) is 42.5 Å². The van der Waals surface area contributed by atoms with E-state index in [9.17, 15) is 18.3 Å². The number of anilines is 2. The third kappa shape index (κ3) is 9.11. The van der Waals surface area contributed by atoms with Crippen LogP contribution in [0, 0.1) is 0 Å². The van der Waals surface area contributed by atoms with Crippen molar-refractivity contribution < 1.29 is 18.3 Å². The number of aliphatic hydroxyl groups is 1. The molecule has 0 aliphatic carbocycles. The Kier molecular flexibility index (Phi) is 11.2. The molecule has 0 spiro atoms. The Morgan fingerprint density at radius 1 is 1.21 bits per heavy atom. The fourth-order valence-electron chi connectivity index (χ4n) is 4.46. The SMILES string of the molecule is CC[C@H](C)Nc1cc(C(=O)N(Cl)[C@@H](Cc2ccccc2)[C@H](O)C2CCCCCN2)cc(NCS(C)(=O)=O)n1. The summed E-state index contributed by atoms with van der Waals surface area (Å²) in [5, 5.41) is 20.9. The number of aromatic nitrogens is 1. The lowest BCUT2D eigenvalue weighted by molar-refractivity contribution is 0.0446. The summed E-state index contributed by atoms with van der Waals surface area (Å²) in [6.07, 6.45) is 5.35. The maximum absolute atomic E-state index is 13.8. The molecule has 210 valence electrons. The van der Waals surface area contributed by atoms with Crippen LogP contribution in [0.25, 0.3) is 0 Å². The molecule has 0 saturated carbocycles. The van der Waals surface area contributed by atoms with Crippen molar-refractivity contribution in [1.29, 1.82) is 0 Å². The van der Waals surface area contributed by atoms with Crippen molar-refractivity contribution in [1.82, 2.24) is 14.7 Å². The van der Waals surface area contributed by atoms with Crippen LogP contribution >= 0.6 is 11.8 Å². The van der Waals surface area contributed by atoms with Gasteiger partial charge in [0.25, 0.3) is 5.91 Å². The van der Waals surface area contributed by atoms with Gasteiger partial charge in [0.1, 0.15) is 17.5 Å². The Labute approximate surface area is 231 Å². The highest BCUT2D eigenvalue weighted by Crippen LogP contribution is 2.25. The largest absolute Gasteiger partial charge is 0.389 e. The zero-order chi connectivity index (χ0) is 27.7. The minimum Gasteiger partial charge on any atom is -0.389 e. The molecule has 1 fully saturated rings. The first kappa shape index (κ1) is 30.1. The van der Waals surface area contributed by atoms with E-state index < -0.39 is 27.9 Å². The van der Waals surface area contributed by atoms with E-state index in [0.29, 0.717) is 12.2 Å². The fourth-order valence-corrected chi connectivity index (χ4v) is 5.15. The molecule has 1 amide bonds. The number of carbonyl (C=O) groups excluding carboxylic acids is 1. The Morgan fingerprint density at radius 3 is 2.61 bits per heavy atom. The lowest BCUT2D eigenvalue weighted by Gasteiger charge is -2.34. The highest BCUT2D eigenvalue weighted by molar-refractivity contribution is 7.90. The molecule has 38 heavy (non-hydrogen) atoms. The smallest absolute Gasteiger partial charge is 0.268 e. The summed E-state index contributed by atoms with van der Waals surface area (Å²) in [5.74, 6) is -0.162. The number of aliphatic hydroxyl groups excluding tert-OH is 1. The molecule has 1 aromatic heterocycles. The van der Waals surface area contributed by atoms with Crippen LogP contribution in [0.3, 0.4) is 0 Å². The van der Waals surface area contributed by atoms with Crippen molar-refractivity contribution in [2.24, 2.45) is 0 Å². The monoisotopic (exact) mass is 565 g/mol. The lowest BCUT2D eigenvalue weighted by atomic mass is 9.93. The van der Waals surface area contributed by atoms with Gasteiger partial charge in [0.05, 0.1) is 12.1 Å². The second-order valence-electron chi connectivity index (χ2n) is 10.1. The van der Waals surface area contributed by atoms with E-state index in [0.717, 1.165) is 54.9 Å². The Bertz CT molecular complexity index is 1140. The first-order valence-electron chi connectivity index (χ1n) is 13.2. The molecule has 1 aliphatic heterocycles. The number of hydrogen-bond acceptors (Lipinski definition) is 8. The number of nitrogens with one attached hydrogen (secondary N) is 3. The lowest BCUT2D eigenvalue weighted by Crippen LogP contribution is -2.52. The topological polar surface area (TPSA) is 124 Å². The third-order valence-corrected chi connectivity index (χ3v) is 7.85. The molecule has 4 atom stereocenters. The second-order valence-corrected chi connectivity index (χ2v) is 12.6. The van der Waals surface area contributed by atoms with Gasteiger partial charge in [-0.15, -0.1) is 0 Å². The minimum atomic E-state index is -3.32. The second kappa shape index (κ2) is 14.1. The van der Waals surface area contributed by atoms with Gasteiger partial charge in [0.15, 0.2) is 9.84 Å². The number of nitrogens with zero attached hydrogens (tertiary/aromatic N) is 2. The van der Waals surface area contributed by atoms with Gasteiger partial charge in [0, 0.05) is 35.7 Å². The normalized spacial score (nSPS) is 18.6. The number of pyridine rings is 1.